The summed E-state index contributed by atoms with van der Waals surface area (Å²) in [6.07, 6.45) is -0.909. The molecular weight excluding hydrogens is 277 g/mol. The summed E-state index contributed by atoms with van der Waals surface area (Å²) in [5.74, 6) is -0.334. The van der Waals surface area contributed by atoms with Crippen molar-refractivity contribution in [3.8, 4) is 0 Å². The van der Waals surface area contributed by atoms with Crippen LogP contribution in [0.25, 0.3) is 0 Å². The van der Waals surface area contributed by atoms with E-state index in [0.29, 0.717) is 11.3 Å². The number of amides is 1. The highest BCUT2D eigenvalue weighted by atomic mass is 19.1. The number of ether oxygens (including phenoxy) is 1. The van der Waals surface area contributed by atoms with E-state index in [1.807, 2.05) is 0 Å². The van der Waals surface area contributed by atoms with Crippen molar-refractivity contribution in [2.45, 2.75) is 45.9 Å². The normalized spacial score (nSPS) is 12.9. The summed E-state index contributed by atoms with van der Waals surface area (Å²) in [6.45, 7) is 6.58. The van der Waals surface area contributed by atoms with Crippen molar-refractivity contribution < 1.29 is 18.7 Å². The van der Waals surface area contributed by atoms with E-state index in [4.69, 9.17) is 4.74 Å². The minimum atomic E-state index is -1.47. The number of nitrogens with zero attached hydrogens (tertiary/aromatic N) is 2. The number of hydrogen-bond donors (Lipinski definition) is 1. The quantitative estimate of drug-likeness (QED) is 0.846. The highest BCUT2D eigenvalue weighted by Gasteiger charge is 2.20. The van der Waals surface area contributed by atoms with Gasteiger partial charge in [0, 0.05) is 19.7 Å². The fourth-order valence-electron chi connectivity index (χ4n) is 1.76. The van der Waals surface area contributed by atoms with Gasteiger partial charge in [0.05, 0.1) is 17.8 Å². The van der Waals surface area contributed by atoms with Gasteiger partial charge in [-0.3, -0.25) is 9.48 Å². The van der Waals surface area contributed by atoms with Crippen molar-refractivity contribution in [1.29, 1.82) is 0 Å². The number of carbonyl (C=O) groups is 2. The number of halogens is 1. The number of alkyl carbamates (subject to hydrolysis) is 1. The molecule has 1 amide bonds. The van der Waals surface area contributed by atoms with Gasteiger partial charge in [0.25, 0.3) is 0 Å². The maximum Gasteiger partial charge on any atom is 0.407 e. The topological polar surface area (TPSA) is 73.2 Å². The molecule has 7 heteroatoms. The fraction of sp³-hybridized carbons (Fsp3) is 0.643. The van der Waals surface area contributed by atoms with Crippen LogP contribution in [0.1, 0.15) is 43.2 Å². The zero-order valence-corrected chi connectivity index (χ0v) is 13.1. The maximum atomic E-state index is 13.8. The molecule has 1 N–H and O–H groups in total. The predicted octanol–water partition coefficient (Wildman–Crippen LogP) is 2.16. The van der Waals surface area contributed by atoms with Gasteiger partial charge in [-0.1, -0.05) is 0 Å². The average Bonchev–Trinajstić information content (AvgIpc) is 2.63. The van der Waals surface area contributed by atoms with Crippen molar-refractivity contribution in [3.05, 3.63) is 17.5 Å². The zero-order valence-electron chi connectivity index (χ0n) is 13.1. The lowest BCUT2D eigenvalue weighted by Crippen LogP contribution is -2.36. The van der Waals surface area contributed by atoms with Crippen LogP contribution < -0.4 is 5.32 Å². The van der Waals surface area contributed by atoms with Crippen LogP contribution in [-0.4, -0.2) is 40.0 Å². The number of carbonyl (C=O) groups excluding carboxylic acids is 2. The first-order valence-corrected chi connectivity index (χ1v) is 6.73. The summed E-state index contributed by atoms with van der Waals surface area (Å²) in [5.41, 5.74) is 0.325. The average molecular weight is 299 g/mol. The number of nitrogens with one attached hydrogen (secondary N) is 1. The van der Waals surface area contributed by atoms with Crippen molar-refractivity contribution in [2.75, 3.05) is 6.54 Å². The molecule has 0 saturated carbocycles. The van der Waals surface area contributed by atoms with Crippen LogP contribution >= 0.6 is 0 Å². The molecule has 0 aliphatic carbocycles. The van der Waals surface area contributed by atoms with Crippen LogP contribution in [0.4, 0.5) is 9.18 Å². The maximum absolute atomic E-state index is 13.8. The lowest BCUT2D eigenvalue weighted by atomic mass is 10.1. The molecule has 0 saturated heterocycles. The number of aryl methyl sites for hydroxylation is 2. The summed E-state index contributed by atoms with van der Waals surface area (Å²) in [6, 6.07) is 0. The summed E-state index contributed by atoms with van der Waals surface area (Å²) in [5, 5.41) is 6.34. The molecule has 0 spiro atoms. The first-order chi connectivity index (χ1) is 9.58. The Morgan fingerprint density at radius 1 is 1.48 bits per heavy atom. The number of alkyl halides is 1. The van der Waals surface area contributed by atoms with Crippen molar-refractivity contribution in [2.24, 2.45) is 7.05 Å². The Kier molecular flexibility index (Phi) is 5.46. The fourth-order valence-corrected chi connectivity index (χ4v) is 1.76. The van der Waals surface area contributed by atoms with E-state index in [0.717, 1.165) is 0 Å². The summed E-state index contributed by atoms with van der Waals surface area (Å²) >= 11 is 0. The van der Waals surface area contributed by atoms with E-state index < -0.39 is 17.9 Å². The van der Waals surface area contributed by atoms with Gasteiger partial charge in [0.2, 0.25) is 0 Å². The van der Waals surface area contributed by atoms with Gasteiger partial charge in [0.15, 0.2) is 5.78 Å². The minimum absolute atomic E-state index is 0.264. The summed E-state index contributed by atoms with van der Waals surface area (Å²) in [7, 11) is 1.70. The second-order valence-electron chi connectivity index (χ2n) is 5.91. The minimum Gasteiger partial charge on any atom is -0.444 e. The van der Waals surface area contributed by atoms with Crippen molar-refractivity contribution >= 4 is 11.9 Å². The van der Waals surface area contributed by atoms with Gasteiger partial charge in [-0.05, 0) is 27.7 Å². The van der Waals surface area contributed by atoms with Gasteiger partial charge in [-0.2, -0.15) is 5.10 Å². The smallest absolute Gasteiger partial charge is 0.407 e. The van der Waals surface area contributed by atoms with E-state index in [9.17, 15) is 14.0 Å². The Bertz CT molecular complexity index is 520. The van der Waals surface area contributed by atoms with Crippen LogP contribution in [-0.2, 0) is 11.8 Å². The summed E-state index contributed by atoms with van der Waals surface area (Å²) < 4.78 is 20.2. The molecule has 0 radical (unpaired) electrons. The van der Waals surface area contributed by atoms with Gasteiger partial charge in [0.1, 0.15) is 11.8 Å². The largest absolute Gasteiger partial charge is 0.444 e. The monoisotopic (exact) mass is 299 g/mol. The number of Topliss-reactive ketones (excluding diaryl/α,β-unsaturated/α-hetero) is 1. The van der Waals surface area contributed by atoms with Gasteiger partial charge in [-0.25, -0.2) is 9.18 Å². The number of hydrogen-bond acceptors (Lipinski definition) is 4. The predicted molar refractivity (Wildman–Crippen MR) is 76.0 cm³/mol. The number of rotatable bonds is 5. The van der Waals surface area contributed by atoms with Crippen LogP contribution in [0.15, 0.2) is 6.20 Å². The molecule has 1 heterocycles. The standard InChI is InChI=1S/C14H22FN3O3/c1-9-11(8-18(5)17-9)12(19)6-10(15)7-16-13(20)21-14(2,3)4/h8,10H,6-7H2,1-5H3,(H,16,20). The third-order valence-electron chi connectivity index (χ3n) is 2.59. The molecule has 1 atom stereocenters. The molecule has 118 valence electrons. The van der Waals surface area contributed by atoms with E-state index >= 15 is 0 Å². The van der Waals surface area contributed by atoms with E-state index in [2.05, 4.69) is 10.4 Å². The molecule has 1 rings (SSSR count). The lowest BCUT2D eigenvalue weighted by molar-refractivity contribution is 0.0509. The molecule has 6 nitrogen and oxygen atoms in total. The second-order valence-corrected chi connectivity index (χ2v) is 5.91. The molecule has 0 aromatic carbocycles. The molecule has 1 unspecified atom stereocenters. The molecule has 1 aromatic heterocycles. The van der Waals surface area contributed by atoms with Gasteiger partial charge >= 0.3 is 6.09 Å². The van der Waals surface area contributed by atoms with Crippen LogP contribution in [0.2, 0.25) is 0 Å². The Morgan fingerprint density at radius 3 is 2.57 bits per heavy atom. The Hall–Kier alpha value is -1.92. The molecule has 0 bridgehead atoms. The highest BCUT2D eigenvalue weighted by molar-refractivity contribution is 5.97. The zero-order chi connectivity index (χ0) is 16.2. The first kappa shape index (κ1) is 17.1. The van der Waals surface area contributed by atoms with Crippen LogP contribution in [0.5, 0.6) is 0 Å². The van der Waals surface area contributed by atoms with E-state index in [1.54, 1.807) is 40.9 Å². The molecular formula is C14H22FN3O3. The van der Waals surface area contributed by atoms with Gasteiger partial charge < -0.3 is 10.1 Å². The lowest BCUT2D eigenvalue weighted by Gasteiger charge is -2.20. The number of aromatic nitrogens is 2. The third kappa shape index (κ3) is 5.93. The molecule has 0 fully saturated rings. The highest BCUT2D eigenvalue weighted by Crippen LogP contribution is 2.11. The number of ketones is 1. The van der Waals surface area contributed by atoms with Crippen LogP contribution in [0, 0.1) is 6.92 Å². The van der Waals surface area contributed by atoms with E-state index in [-0.39, 0.29) is 18.7 Å². The Balaban J connectivity index is 2.44. The van der Waals surface area contributed by atoms with Gasteiger partial charge in [-0.15, -0.1) is 0 Å². The SMILES string of the molecule is Cc1nn(C)cc1C(=O)CC(F)CNC(=O)OC(C)(C)C. The summed E-state index contributed by atoms with van der Waals surface area (Å²) in [4.78, 5) is 23.3. The molecule has 0 aliphatic heterocycles. The van der Waals surface area contributed by atoms with Crippen molar-refractivity contribution in [1.82, 2.24) is 15.1 Å². The van der Waals surface area contributed by atoms with E-state index in [1.165, 1.54) is 4.68 Å². The second kappa shape index (κ2) is 6.69. The first-order valence-electron chi connectivity index (χ1n) is 6.73. The molecule has 1 aromatic rings. The molecule has 0 aliphatic rings. The molecule has 21 heavy (non-hydrogen) atoms. The Labute approximate surface area is 123 Å². The van der Waals surface area contributed by atoms with Crippen molar-refractivity contribution in [3.63, 3.8) is 0 Å². The third-order valence-corrected chi connectivity index (χ3v) is 2.59. The van der Waals surface area contributed by atoms with Crippen LogP contribution in [0.3, 0.4) is 0 Å². The Morgan fingerprint density at radius 2 is 2.10 bits per heavy atom.